The highest BCUT2D eigenvalue weighted by atomic mass is 16.2. The molecule has 1 fully saturated rings. The Balaban J connectivity index is 1.27. The number of fused-ring (bicyclic) bond motifs is 2. The van der Waals surface area contributed by atoms with Crippen molar-refractivity contribution in [1.82, 2.24) is 25.0 Å². The van der Waals surface area contributed by atoms with Gasteiger partial charge < -0.3 is 5.32 Å². The lowest BCUT2D eigenvalue weighted by Gasteiger charge is -2.33. The number of likely N-dealkylation sites (tertiary alicyclic amines) is 1. The van der Waals surface area contributed by atoms with Crippen LogP contribution in [0.1, 0.15) is 18.4 Å². The molecule has 29 heavy (non-hydrogen) atoms. The van der Waals surface area contributed by atoms with Crippen LogP contribution in [0.5, 0.6) is 0 Å². The van der Waals surface area contributed by atoms with Gasteiger partial charge in [-0.2, -0.15) is 10.2 Å². The minimum absolute atomic E-state index is 0.106. The van der Waals surface area contributed by atoms with Gasteiger partial charge in [-0.15, -0.1) is 0 Å². The number of benzene rings is 2. The van der Waals surface area contributed by atoms with E-state index in [1.54, 1.807) is 23.2 Å². The zero-order valence-electron chi connectivity index (χ0n) is 16.2. The molecule has 1 saturated heterocycles. The summed E-state index contributed by atoms with van der Waals surface area (Å²) in [5, 5.41) is 13.7. The van der Waals surface area contributed by atoms with E-state index in [-0.39, 0.29) is 12.1 Å². The van der Waals surface area contributed by atoms with Crippen LogP contribution < -0.4 is 5.32 Å². The van der Waals surface area contributed by atoms with Gasteiger partial charge in [0.1, 0.15) is 0 Å². The molecule has 0 aromatic heterocycles. The fourth-order valence-corrected chi connectivity index (χ4v) is 4.21. The van der Waals surface area contributed by atoms with Gasteiger partial charge in [-0.05, 0) is 41.8 Å². The fourth-order valence-electron chi connectivity index (χ4n) is 4.21. The third-order valence-electron chi connectivity index (χ3n) is 5.67. The molecule has 3 aliphatic heterocycles. The van der Waals surface area contributed by atoms with E-state index >= 15 is 0 Å². The second-order valence-corrected chi connectivity index (χ2v) is 7.70. The van der Waals surface area contributed by atoms with Crippen molar-refractivity contribution in [2.24, 2.45) is 0 Å². The molecule has 6 nitrogen and oxygen atoms in total. The molecule has 6 heteroatoms. The maximum Gasteiger partial charge on any atom is 0.325 e. The molecule has 0 radical (unpaired) electrons. The van der Waals surface area contributed by atoms with E-state index < -0.39 is 0 Å². The third kappa shape index (κ3) is 3.71. The largest absolute Gasteiger partial charge is 0.333 e. The molecule has 1 atom stereocenters. The average molecular weight is 385 g/mol. The molecule has 0 aliphatic carbocycles. The number of nitrogens with one attached hydrogen (secondary N) is 1. The Kier molecular flexibility index (Phi) is 4.69. The van der Waals surface area contributed by atoms with Gasteiger partial charge in [-0.25, -0.2) is 4.79 Å². The number of piperidine rings is 1. The van der Waals surface area contributed by atoms with Gasteiger partial charge in [-0.3, -0.25) is 9.47 Å². The van der Waals surface area contributed by atoms with E-state index in [2.05, 4.69) is 62.9 Å². The lowest BCUT2D eigenvalue weighted by Crippen LogP contribution is -2.48. The Morgan fingerprint density at radius 1 is 1.14 bits per heavy atom. The maximum absolute atomic E-state index is 12.7. The highest BCUT2D eigenvalue weighted by molar-refractivity contribution is 5.85. The average Bonchev–Trinajstić information content (AvgIpc) is 3.22. The number of pyridine rings is 1. The van der Waals surface area contributed by atoms with E-state index in [0.717, 1.165) is 43.7 Å². The predicted octanol–water partition coefficient (Wildman–Crippen LogP) is 3.76. The van der Waals surface area contributed by atoms with Crippen LogP contribution in [0.2, 0.25) is 0 Å². The van der Waals surface area contributed by atoms with E-state index in [9.17, 15) is 4.79 Å². The molecule has 0 spiro atoms. The number of hydrogen-bond donors (Lipinski definition) is 1. The van der Waals surface area contributed by atoms with Crippen LogP contribution in [0, 0.1) is 0 Å². The second kappa shape index (κ2) is 7.64. The van der Waals surface area contributed by atoms with Gasteiger partial charge in [0.25, 0.3) is 0 Å². The number of amides is 1. The van der Waals surface area contributed by atoms with Gasteiger partial charge in [0, 0.05) is 37.1 Å². The van der Waals surface area contributed by atoms with Crippen LogP contribution in [-0.2, 0) is 6.54 Å². The van der Waals surface area contributed by atoms with Crippen LogP contribution in [-0.4, -0.2) is 44.8 Å². The minimum atomic E-state index is -0.106. The standard InChI is InChI=1S/C23H23N5O/c29-23(28-12-10-22-19(15-28)13-24-26-22)25-20-8-4-11-27(16-20)14-18-7-3-6-17-5-1-2-9-21(17)18/h1-3,5-7,9-10,12-13,15,20H,4,8,11,14,16H2,(H,25,29)/t20-/m1/s1. The van der Waals surface area contributed by atoms with Crippen molar-refractivity contribution in [2.75, 3.05) is 13.1 Å². The summed E-state index contributed by atoms with van der Waals surface area (Å²) in [6, 6.07) is 16.9. The van der Waals surface area contributed by atoms with Gasteiger partial charge in [-0.1, -0.05) is 42.5 Å². The first-order valence-corrected chi connectivity index (χ1v) is 10.1. The fraction of sp³-hybridized carbons (Fsp3) is 0.261. The van der Waals surface area contributed by atoms with Crippen molar-refractivity contribution in [3.05, 3.63) is 72.7 Å². The van der Waals surface area contributed by atoms with Crippen LogP contribution in [0.25, 0.3) is 22.0 Å². The summed E-state index contributed by atoms with van der Waals surface area (Å²) in [6.45, 7) is 2.81. The smallest absolute Gasteiger partial charge is 0.325 e. The Hall–Kier alpha value is -3.25. The molecule has 3 heterocycles. The Bertz CT molecular complexity index is 1120. The van der Waals surface area contributed by atoms with E-state index in [1.165, 1.54) is 16.3 Å². The first-order valence-electron chi connectivity index (χ1n) is 10.1. The summed E-state index contributed by atoms with van der Waals surface area (Å²) in [7, 11) is 0. The highest BCUT2D eigenvalue weighted by Crippen LogP contribution is 2.22. The Morgan fingerprint density at radius 2 is 2.03 bits per heavy atom. The summed E-state index contributed by atoms with van der Waals surface area (Å²) in [4.78, 5) is 15.2. The Morgan fingerprint density at radius 3 is 3.00 bits per heavy atom. The molecule has 2 aromatic carbocycles. The van der Waals surface area contributed by atoms with Crippen molar-refractivity contribution in [3.63, 3.8) is 0 Å². The van der Waals surface area contributed by atoms with Gasteiger partial charge in [0.05, 0.1) is 11.9 Å². The number of nitrogens with zero attached hydrogens (tertiary/aromatic N) is 4. The topological polar surface area (TPSA) is 63.1 Å². The zero-order valence-corrected chi connectivity index (χ0v) is 16.2. The monoisotopic (exact) mass is 385 g/mol. The molecule has 3 aliphatic rings. The SMILES string of the molecule is O=C(N[C@@H]1CCCN(Cc2cccc3ccccc23)C1)n1ccc2nncc-2c1. The lowest BCUT2D eigenvalue weighted by atomic mass is 10.0. The molecule has 5 rings (SSSR count). The second-order valence-electron chi connectivity index (χ2n) is 7.70. The van der Waals surface area contributed by atoms with Gasteiger partial charge in [0.2, 0.25) is 0 Å². The van der Waals surface area contributed by atoms with E-state index in [1.807, 2.05) is 6.07 Å². The highest BCUT2D eigenvalue weighted by Gasteiger charge is 2.22. The van der Waals surface area contributed by atoms with E-state index in [0.29, 0.717) is 0 Å². The van der Waals surface area contributed by atoms with Crippen molar-refractivity contribution in [1.29, 1.82) is 0 Å². The molecule has 146 valence electrons. The third-order valence-corrected chi connectivity index (χ3v) is 5.67. The van der Waals surface area contributed by atoms with Crippen LogP contribution >= 0.6 is 0 Å². The molecular formula is C23H23N5O. The predicted molar refractivity (Wildman–Crippen MR) is 113 cm³/mol. The van der Waals surface area contributed by atoms with Crippen molar-refractivity contribution >= 4 is 16.8 Å². The van der Waals surface area contributed by atoms with Crippen LogP contribution in [0.4, 0.5) is 4.79 Å². The first-order chi connectivity index (χ1) is 14.3. The normalized spacial score (nSPS) is 17.6. The van der Waals surface area contributed by atoms with E-state index in [4.69, 9.17) is 0 Å². The molecule has 1 amide bonds. The number of carbonyl (C=O) groups is 1. The summed E-state index contributed by atoms with van der Waals surface area (Å²) in [5.41, 5.74) is 3.00. The van der Waals surface area contributed by atoms with Crippen molar-refractivity contribution in [2.45, 2.75) is 25.4 Å². The maximum atomic E-state index is 12.7. The summed E-state index contributed by atoms with van der Waals surface area (Å²) >= 11 is 0. The zero-order chi connectivity index (χ0) is 19.6. The molecular weight excluding hydrogens is 362 g/mol. The van der Waals surface area contributed by atoms with Crippen molar-refractivity contribution in [3.8, 4) is 11.3 Å². The first kappa shape index (κ1) is 17.8. The summed E-state index contributed by atoms with van der Waals surface area (Å²) < 4.78 is 1.58. The molecule has 2 aromatic rings. The lowest BCUT2D eigenvalue weighted by molar-refractivity contribution is 0.181. The molecule has 1 N–H and O–H groups in total. The molecule has 0 saturated carbocycles. The van der Waals surface area contributed by atoms with Crippen LogP contribution in [0.15, 0.2) is 67.1 Å². The Labute approximate surface area is 169 Å². The molecule has 0 unspecified atom stereocenters. The molecule has 0 bridgehead atoms. The van der Waals surface area contributed by atoms with Crippen molar-refractivity contribution < 1.29 is 4.79 Å². The number of rotatable bonds is 3. The summed E-state index contributed by atoms with van der Waals surface area (Å²) in [5.74, 6) is 0. The summed E-state index contributed by atoms with van der Waals surface area (Å²) in [6.07, 6.45) is 7.27. The van der Waals surface area contributed by atoms with Crippen LogP contribution in [0.3, 0.4) is 0 Å². The van der Waals surface area contributed by atoms with Gasteiger partial charge in [0.15, 0.2) is 0 Å². The minimum Gasteiger partial charge on any atom is -0.333 e. The van der Waals surface area contributed by atoms with Gasteiger partial charge >= 0.3 is 6.03 Å². The number of carbonyl (C=O) groups excluding carboxylic acids is 1. The quantitative estimate of drug-likeness (QED) is 0.583. The number of hydrogen-bond acceptors (Lipinski definition) is 4. The number of aromatic nitrogens is 3.